The van der Waals surface area contributed by atoms with Gasteiger partial charge in [0.2, 0.25) is 0 Å². The second kappa shape index (κ2) is 8.53. The van der Waals surface area contributed by atoms with Crippen molar-refractivity contribution in [3.63, 3.8) is 0 Å². The summed E-state index contributed by atoms with van der Waals surface area (Å²) >= 11 is 0. The summed E-state index contributed by atoms with van der Waals surface area (Å²) in [6.07, 6.45) is -1.24. The second-order valence-corrected chi connectivity index (χ2v) is 5.68. The van der Waals surface area contributed by atoms with Gasteiger partial charge in [0.15, 0.2) is 0 Å². The van der Waals surface area contributed by atoms with Gasteiger partial charge in [0.05, 0.1) is 0 Å². The van der Waals surface area contributed by atoms with Crippen molar-refractivity contribution in [2.24, 2.45) is 0 Å². The molecular formula is C21H18N2O4. The van der Waals surface area contributed by atoms with E-state index < -0.39 is 12.2 Å². The second-order valence-electron chi connectivity index (χ2n) is 5.68. The van der Waals surface area contributed by atoms with Gasteiger partial charge in [0, 0.05) is 11.4 Å². The van der Waals surface area contributed by atoms with Crippen LogP contribution < -0.4 is 20.1 Å². The molecule has 136 valence electrons. The number of hydrogen-bond donors (Lipinski definition) is 2. The Hall–Kier alpha value is -3.80. The van der Waals surface area contributed by atoms with Crippen LogP contribution in [0.15, 0.2) is 78.9 Å². The molecule has 2 N–H and O–H groups in total. The van der Waals surface area contributed by atoms with Crippen LogP contribution in [0.25, 0.3) is 0 Å². The maximum absolute atomic E-state index is 12.1. The molecule has 0 spiro atoms. The fourth-order valence-corrected chi connectivity index (χ4v) is 2.30. The fraction of sp³-hybridized carbons (Fsp3) is 0.0476. The number of rotatable bonds is 4. The summed E-state index contributed by atoms with van der Waals surface area (Å²) in [6, 6.07) is 22.6. The zero-order chi connectivity index (χ0) is 19.1. The van der Waals surface area contributed by atoms with E-state index in [1.807, 2.05) is 19.1 Å². The minimum atomic E-state index is -0.622. The van der Waals surface area contributed by atoms with Gasteiger partial charge in [0.25, 0.3) is 0 Å². The molecular weight excluding hydrogens is 344 g/mol. The van der Waals surface area contributed by atoms with E-state index in [4.69, 9.17) is 9.47 Å². The lowest BCUT2D eigenvalue weighted by Crippen LogP contribution is -2.19. The number of aryl methyl sites for hydroxylation is 1. The SMILES string of the molecule is Cc1ccc(NC(=O)Oc2ccccc2)cc1NC(=O)Oc1ccccc1. The van der Waals surface area contributed by atoms with Crippen molar-refractivity contribution in [3.8, 4) is 11.5 Å². The van der Waals surface area contributed by atoms with Crippen molar-refractivity contribution >= 4 is 23.6 Å². The first-order valence-corrected chi connectivity index (χ1v) is 8.28. The maximum Gasteiger partial charge on any atom is 0.417 e. The Balaban J connectivity index is 1.63. The van der Waals surface area contributed by atoms with Crippen molar-refractivity contribution in [3.05, 3.63) is 84.4 Å². The van der Waals surface area contributed by atoms with Gasteiger partial charge in [-0.15, -0.1) is 0 Å². The molecule has 27 heavy (non-hydrogen) atoms. The van der Waals surface area contributed by atoms with Crippen LogP contribution in [0.4, 0.5) is 21.0 Å². The number of carbonyl (C=O) groups excluding carboxylic acids is 2. The number of amides is 2. The van der Waals surface area contributed by atoms with Gasteiger partial charge in [0.1, 0.15) is 11.5 Å². The highest BCUT2D eigenvalue weighted by molar-refractivity contribution is 5.91. The molecule has 3 rings (SSSR count). The molecule has 3 aromatic carbocycles. The van der Waals surface area contributed by atoms with Crippen molar-refractivity contribution in [2.75, 3.05) is 10.6 Å². The average Bonchev–Trinajstić information content (AvgIpc) is 2.66. The smallest absolute Gasteiger partial charge is 0.410 e. The predicted molar refractivity (Wildman–Crippen MR) is 103 cm³/mol. The van der Waals surface area contributed by atoms with Crippen molar-refractivity contribution in [1.82, 2.24) is 0 Å². The number of nitrogens with one attached hydrogen (secondary N) is 2. The van der Waals surface area contributed by atoms with Gasteiger partial charge >= 0.3 is 12.2 Å². The highest BCUT2D eigenvalue weighted by atomic mass is 16.6. The Morgan fingerprint density at radius 1 is 0.704 bits per heavy atom. The molecule has 0 aliphatic carbocycles. The third kappa shape index (κ3) is 5.34. The number of para-hydroxylation sites is 2. The minimum Gasteiger partial charge on any atom is -0.410 e. The Bertz CT molecular complexity index is 927. The van der Waals surface area contributed by atoms with Gasteiger partial charge in [-0.2, -0.15) is 0 Å². The van der Waals surface area contributed by atoms with Gasteiger partial charge in [-0.3, -0.25) is 10.6 Å². The molecule has 0 aromatic heterocycles. The average molecular weight is 362 g/mol. The molecule has 6 heteroatoms. The molecule has 2 amide bonds. The molecule has 0 saturated heterocycles. The molecule has 0 radical (unpaired) electrons. The van der Waals surface area contributed by atoms with Crippen LogP contribution in [-0.2, 0) is 0 Å². The topological polar surface area (TPSA) is 76.7 Å². The largest absolute Gasteiger partial charge is 0.417 e. The lowest BCUT2D eigenvalue weighted by molar-refractivity contribution is 0.214. The predicted octanol–water partition coefficient (Wildman–Crippen LogP) is 5.22. The molecule has 0 saturated carbocycles. The first kappa shape index (κ1) is 18.0. The standard InChI is InChI=1S/C21H18N2O4/c1-15-12-13-16(22-20(24)26-17-8-4-2-5-9-17)14-19(15)23-21(25)27-18-10-6-3-7-11-18/h2-14H,1H3,(H,22,24)(H,23,25). The maximum atomic E-state index is 12.1. The number of ether oxygens (including phenoxy) is 2. The highest BCUT2D eigenvalue weighted by Crippen LogP contribution is 2.21. The van der Waals surface area contributed by atoms with E-state index >= 15 is 0 Å². The van der Waals surface area contributed by atoms with Crippen molar-refractivity contribution < 1.29 is 19.1 Å². The van der Waals surface area contributed by atoms with E-state index in [0.717, 1.165) is 5.56 Å². The van der Waals surface area contributed by atoms with Crippen LogP contribution in [0, 0.1) is 6.92 Å². The molecule has 0 atom stereocenters. The minimum absolute atomic E-state index is 0.437. The van der Waals surface area contributed by atoms with Crippen LogP contribution in [0.2, 0.25) is 0 Å². The number of hydrogen-bond acceptors (Lipinski definition) is 4. The Morgan fingerprint density at radius 3 is 1.78 bits per heavy atom. The van der Waals surface area contributed by atoms with Crippen LogP contribution in [0.5, 0.6) is 11.5 Å². The van der Waals surface area contributed by atoms with Gasteiger partial charge in [-0.05, 0) is 48.9 Å². The molecule has 0 bridgehead atoms. The summed E-state index contributed by atoms with van der Waals surface area (Å²) < 4.78 is 10.4. The quantitative estimate of drug-likeness (QED) is 0.667. The number of benzene rings is 3. The zero-order valence-electron chi connectivity index (χ0n) is 14.6. The fourth-order valence-electron chi connectivity index (χ4n) is 2.30. The molecule has 6 nitrogen and oxygen atoms in total. The monoisotopic (exact) mass is 362 g/mol. The Labute approximate surface area is 156 Å². The van der Waals surface area contributed by atoms with Crippen LogP contribution >= 0.6 is 0 Å². The Morgan fingerprint density at radius 2 is 1.22 bits per heavy atom. The van der Waals surface area contributed by atoms with E-state index in [1.165, 1.54) is 0 Å². The van der Waals surface area contributed by atoms with E-state index in [0.29, 0.717) is 22.9 Å². The third-order valence-electron chi connectivity index (χ3n) is 3.63. The van der Waals surface area contributed by atoms with Gasteiger partial charge < -0.3 is 9.47 Å². The van der Waals surface area contributed by atoms with E-state index in [1.54, 1.807) is 66.7 Å². The van der Waals surface area contributed by atoms with E-state index in [-0.39, 0.29) is 0 Å². The van der Waals surface area contributed by atoms with Crippen molar-refractivity contribution in [1.29, 1.82) is 0 Å². The van der Waals surface area contributed by atoms with Gasteiger partial charge in [-0.1, -0.05) is 42.5 Å². The number of anilines is 2. The summed E-state index contributed by atoms with van der Waals surface area (Å²) in [7, 11) is 0. The summed E-state index contributed by atoms with van der Waals surface area (Å²) in [5.41, 5.74) is 1.83. The summed E-state index contributed by atoms with van der Waals surface area (Å²) in [5, 5.41) is 5.30. The first-order chi connectivity index (χ1) is 13.1. The molecule has 0 aliphatic rings. The van der Waals surface area contributed by atoms with Crippen molar-refractivity contribution in [2.45, 2.75) is 6.92 Å². The summed E-state index contributed by atoms with van der Waals surface area (Å²) in [5.74, 6) is 0.875. The van der Waals surface area contributed by atoms with Crippen LogP contribution in [-0.4, -0.2) is 12.2 Å². The molecule has 0 heterocycles. The zero-order valence-corrected chi connectivity index (χ0v) is 14.6. The van der Waals surface area contributed by atoms with Crippen LogP contribution in [0.1, 0.15) is 5.56 Å². The molecule has 3 aromatic rings. The summed E-state index contributed by atoms with van der Waals surface area (Å²) in [6.45, 7) is 1.84. The molecule has 0 fully saturated rings. The first-order valence-electron chi connectivity index (χ1n) is 8.28. The molecule has 0 unspecified atom stereocenters. The lowest BCUT2D eigenvalue weighted by atomic mass is 10.2. The van der Waals surface area contributed by atoms with E-state index in [2.05, 4.69) is 10.6 Å². The van der Waals surface area contributed by atoms with Crippen LogP contribution in [0.3, 0.4) is 0 Å². The third-order valence-corrected chi connectivity index (χ3v) is 3.63. The highest BCUT2D eigenvalue weighted by Gasteiger charge is 2.10. The normalized spacial score (nSPS) is 9.96. The Kier molecular flexibility index (Phi) is 5.69. The number of carbonyl (C=O) groups is 2. The van der Waals surface area contributed by atoms with E-state index in [9.17, 15) is 9.59 Å². The lowest BCUT2D eigenvalue weighted by Gasteiger charge is -2.12. The molecule has 0 aliphatic heterocycles. The summed E-state index contributed by atoms with van der Waals surface area (Å²) in [4.78, 5) is 24.1. The van der Waals surface area contributed by atoms with Gasteiger partial charge in [-0.25, -0.2) is 9.59 Å².